The Morgan fingerprint density at radius 1 is 1.42 bits per heavy atom. The fourth-order valence-corrected chi connectivity index (χ4v) is 3.32. The van der Waals surface area contributed by atoms with Crippen LogP contribution in [0.15, 0.2) is 24.3 Å². The second-order valence-corrected chi connectivity index (χ2v) is 6.38. The molecule has 0 spiro atoms. The fraction of sp³-hybridized carbons (Fsp3) is 0.562. The molecule has 1 aliphatic rings. The number of hydrogen-bond donors (Lipinski definition) is 0. The number of fused-ring (bicyclic) bond motifs is 1. The van der Waals surface area contributed by atoms with Crippen LogP contribution in [-0.4, -0.2) is 17.3 Å². The van der Waals surface area contributed by atoms with Gasteiger partial charge in [-0.25, -0.2) is 0 Å². The Kier molecular flexibility index (Phi) is 4.19. The molecule has 0 aliphatic carbocycles. The molecular formula is C16H22ClNO. The van der Waals surface area contributed by atoms with Gasteiger partial charge < -0.3 is 4.90 Å². The number of alkyl halides is 1. The summed E-state index contributed by atoms with van der Waals surface area (Å²) in [5, 5.41) is 0. The first-order valence-corrected chi connectivity index (χ1v) is 7.49. The number of para-hydroxylation sites is 1. The van der Waals surface area contributed by atoms with Gasteiger partial charge in [-0.1, -0.05) is 25.1 Å². The van der Waals surface area contributed by atoms with Gasteiger partial charge in [0.2, 0.25) is 5.91 Å². The van der Waals surface area contributed by atoms with Gasteiger partial charge in [0.05, 0.1) is 0 Å². The van der Waals surface area contributed by atoms with Crippen molar-refractivity contribution in [3.8, 4) is 0 Å². The molecule has 0 aromatic heterocycles. The van der Waals surface area contributed by atoms with E-state index in [0.29, 0.717) is 18.2 Å². The lowest BCUT2D eigenvalue weighted by molar-refractivity contribution is -0.119. The number of rotatable bonds is 3. The predicted molar refractivity (Wildman–Crippen MR) is 81.0 cm³/mol. The van der Waals surface area contributed by atoms with Crippen LogP contribution in [0.1, 0.15) is 51.5 Å². The molecule has 19 heavy (non-hydrogen) atoms. The highest BCUT2D eigenvalue weighted by molar-refractivity contribution is 6.18. The Balaban J connectivity index is 2.39. The number of hydrogen-bond acceptors (Lipinski definition) is 1. The van der Waals surface area contributed by atoms with Crippen LogP contribution in [0.3, 0.4) is 0 Å². The van der Waals surface area contributed by atoms with Crippen molar-refractivity contribution in [1.29, 1.82) is 0 Å². The van der Waals surface area contributed by atoms with Crippen LogP contribution in [0.2, 0.25) is 0 Å². The van der Waals surface area contributed by atoms with Crippen molar-refractivity contribution in [3.63, 3.8) is 0 Å². The van der Waals surface area contributed by atoms with Crippen molar-refractivity contribution in [2.45, 2.75) is 51.5 Å². The smallest absolute Gasteiger partial charge is 0.227 e. The first-order valence-electron chi connectivity index (χ1n) is 6.95. The molecule has 1 aromatic rings. The van der Waals surface area contributed by atoms with Crippen LogP contribution in [0.4, 0.5) is 5.69 Å². The van der Waals surface area contributed by atoms with E-state index in [4.69, 9.17) is 11.6 Å². The van der Waals surface area contributed by atoms with Gasteiger partial charge in [0.1, 0.15) is 0 Å². The highest BCUT2D eigenvalue weighted by atomic mass is 35.5. The summed E-state index contributed by atoms with van der Waals surface area (Å²) in [4.78, 5) is 14.5. The summed E-state index contributed by atoms with van der Waals surface area (Å²) in [6.45, 7) is 6.54. The summed E-state index contributed by atoms with van der Waals surface area (Å²) in [7, 11) is 0. The molecule has 0 saturated heterocycles. The zero-order valence-corrected chi connectivity index (χ0v) is 12.7. The van der Waals surface area contributed by atoms with Gasteiger partial charge in [-0.3, -0.25) is 4.79 Å². The molecule has 0 saturated carbocycles. The van der Waals surface area contributed by atoms with Crippen LogP contribution in [-0.2, 0) is 4.79 Å². The van der Waals surface area contributed by atoms with Gasteiger partial charge in [0, 0.05) is 23.5 Å². The van der Waals surface area contributed by atoms with Crippen LogP contribution in [0.5, 0.6) is 0 Å². The maximum atomic E-state index is 12.5. The standard InChI is InChI=1S/C16H22ClNO/c1-12-11-16(2,3)18(15(19)9-6-10-17)14-8-5-4-7-13(12)14/h4-5,7-8,12H,6,9-11H2,1-3H3/t12-/m1/s1. The van der Waals surface area contributed by atoms with Crippen molar-refractivity contribution in [2.24, 2.45) is 0 Å². The van der Waals surface area contributed by atoms with Crippen LogP contribution in [0.25, 0.3) is 0 Å². The number of anilines is 1. The zero-order valence-electron chi connectivity index (χ0n) is 11.9. The number of halogens is 1. The molecule has 0 unspecified atom stereocenters. The van der Waals surface area contributed by atoms with Crippen LogP contribution >= 0.6 is 11.6 Å². The SMILES string of the molecule is C[C@@H]1CC(C)(C)N(C(=O)CCCCl)c2ccccc21. The van der Waals surface area contributed by atoms with Gasteiger partial charge in [0.25, 0.3) is 0 Å². The van der Waals surface area contributed by atoms with E-state index in [1.165, 1.54) is 5.56 Å². The summed E-state index contributed by atoms with van der Waals surface area (Å²) in [5.74, 6) is 1.21. The summed E-state index contributed by atoms with van der Waals surface area (Å²) >= 11 is 5.71. The third-order valence-electron chi connectivity index (χ3n) is 3.89. The molecule has 1 aromatic carbocycles. The molecule has 104 valence electrons. The second kappa shape index (κ2) is 5.54. The van der Waals surface area contributed by atoms with E-state index < -0.39 is 0 Å². The molecule has 2 nitrogen and oxygen atoms in total. The number of carbonyl (C=O) groups is 1. The molecule has 0 radical (unpaired) electrons. The lowest BCUT2D eigenvalue weighted by atomic mass is 9.80. The Labute approximate surface area is 120 Å². The molecule has 1 atom stereocenters. The van der Waals surface area contributed by atoms with Gasteiger partial charge in [-0.2, -0.15) is 0 Å². The van der Waals surface area contributed by atoms with Crippen molar-refractivity contribution in [3.05, 3.63) is 29.8 Å². The lowest BCUT2D eigenvalue weighted by Crippen LogP contribution is -2.51. The number of benzene rings is 1. The normalized spacial score (nSPS) is 21.1. The average molecular weight is 280 g/mol. The van der Waals surface area contributed by atoms with Gasteiger partial charge in [-0.15, -0.1) is 11.6 Å². The third kappa shape index (κ3) is 2.79. The minimum absolute atomic E-state index is 0.128. The minimum Gasteiger partial charge on any atom is -0.307 e. The second-order valence-electron chi connectivity index (χ2n) is 6.00. The Morgan fingerprint density at radius 3 is 2.79 bits per heavy atom. The Hall–Kier alpha value is -1.02. The fourth-order valence-electron chi connectivity index (χ4n) is 3.19. The van der Waals surface area contributed by atoms with E-state index in [1.54, 1.807) is 0 Å². The van der Waals surface area contributed by atoms with E-state index in [-0.39, 0.29) is 11.4 Å². The first-order chi connectivity index (χ1) is 8.97. The minimum atomic E-state index is -0.128. The average Bonchev–Trinajstić information content (AvgIpc) is 2.35. The Morgan fingerprint density at radius 2 is 2.11 bits per heavy atom. The molecule has 1 heterocycles. The molecule has 3 heteroatoms. The quantitative estimate of drug-likeness (QED) is 0.755. The Bertz CT molecular complexity index is 470. The molecule has 2 rings (SSSR count). The molecule has 1 aliphatic heterocycles. The molecule has 1 amide bonds. The van der Waals surface area contributed by atoms with Crippen LogP contribution in [0, 0.1) is 0 Å². The summed E-state index contributed by atoms with van der Waals surface area (Å²) in [6, 6.07) is 8.26. The summed E-state index contributed by atoms with van der Waals surface area (Å²) in [5.41, 5.74) is 2.23. The molecular weight excluding hydrogens is 258 g/mol. The highest BCUT2D eigenvalue weighted by Crippen LogP contribution is 2.43. The van der Waals surface area contributed by atoms with E-state index in [1.807, 2.05) is 11.0 Å². The van der Waals surface area contributed by atoms with Gasteiger partial charge >= 0.3 is 0 Å². The number of nitrogens with zero attached hydrogens (tertiary/aromatic N) is 1. The lowest BCUT2D eigenvalue weighted by Gasteiger charge is -2.46. The van der Waals surface area contributed by atoms with Crippen LogP contribution < -0.4 is 4.90 Å². The van der Waals surface area contributed by atoms with E-state index in [2.05, 4.69) is 39.0 Å². The number of amides is 1. The van der Waals surface area contributed by atoms with E-state index >= 15 is 0 Å². The van der Waals surface area contributed by atoms with E-state index in [9.17, 15) is 4.79 Å². The van der Waals surface area contributed by atoms with Crippen molar-refractivity contribution in [2.75, 3.05) is 10.8 Å². The maximum absolute atomic E-state index is 12.5. The number of carbonyl (C=O) groups excluding carboxylic acids is 1. The summed E-state index contributed by atoms with van der Waals surface area (Å²) in [6.07, 6.45) is 2.26. The van der Waals surface area contributed by atoms with Crippen molar-refractivity contribution >= 4 is 23.2 Å². The predicted octanol–water partition coefficient (Wildman–Crippen LogP) is 4.32. The van der Waals surface area contributed by atoms with Crippen molar-refractivity contribution in [1.82, 2.24) is 0 Å². The van der Waals surface area contributed by atoms with Crippen molar-refractivity contribution < 1.29 is 4.79 Å². The molecule has 0 N–H and O–H groups in total. The van der Waals surface area contributed by atoms with Gasteiger partial charge in [0.15, 0.2) is 0 Å². The highest BCUT2D eigenvalue weighted by Gasteiger charge is 2.39. The monoisotopic (exact) mass is 279 g/mol. The topological polar surface area (TPSA) is 20.3 Å². The first kappa shape index (κ1) is 14.4. The zero-order chi connectivity index (χ0) is 14.0. The summed E-state index contributed by atoms with van der Waals surface area (Å²) < 4.78 is 0. The molecule has 0 bridgehead atoms. The van der Waals surface area contributed by atoms with Gasteiger partial charge in [-0.05, 0) is 44.2 Å². The molecule has 0 fully saturated rings. The van der Waals surface area contributed by atoms with E-state index in [0.717, 1.165) is 18.5 Å². The third-order valence-corrected chi connectivity index (χ3v) is 4.16. The maximum Gasteiger partial charge on any atom is 0.227 e. The largest absolute Gasteiger partial charge is 0.307 e.